The summed E-state index contributed by atoms with van der Waals surface area (Å²) in [5, 5.41) is 3.12. The third-order valence-electron chi connectivity index (χ3n) is 4.21. The van der Waals surface area contributed by atoms with Crippen molar-refractivity contribution in [3.8, 4) is 0 Å². The Kier molecular flexibility index (Phi) is 6.13. The average molecular weight is 254 g/mol. The molecule has 106 valence electrons. The molecular weight excluding hydrogens is 224 g/mol. The maximum Gasteiger partial charge on any atom is 0.220 e. The molecule has 1 saturated carbocycles. The van der Waals surface area contributed by atoms with Gasteiger partial charge in [-0.25, -0.2) is 0 Å². The summed E-state index contributed by atoms with van der Waals surface area (Å²) in [6.07, 6.45) is 7.62. The van der Waals surface area contributed by atoms with E-state index in [9.17, 15) is 4.79 Å². The molecular formula is C15H30N2O. The van der Waals surface area contributed by atoms with Crippen molar-refractivity contribution >= 4 is 5.91 Å². The third-order valence-corrected chi connectivity index (χ3v) is 4.21. The lowest BCUT2D eigenvalue weighted by Gasteiger charge is -2.40. The van der Waals surface area contributed by atoms with Crippen LogP contribution >= 0.6 is 0 Å². The van der Waals surface area contributed by atoms with Gasteiger partial charge in [-0.1, -0.05) is 33.1 Å². The molecule has 18 heavy (non-hydrogen) atoms. The van der Waals surface area contributed by atoms with Gasteiger partial charge >= 0.3 is 0 Å². The van der Waals surface area contributed by atoms with Crippen LogP contribution in [0.4, 0.5) is 0 Å². The number of rotatable bonds is 8. The van der Waals surface area contributed by atoms with Crippen LogP contribution in [0.5, 0.6) is 0 Å². The molecule has 1 atom stereocenters. The molecule has 1 fully saturated rings. The van der Waals surface area contributed by atoms with E-state index in [1.54, 1.807) is 0 Å². The number of nitrogens with two attached hydrogens (primary N) is 1. The number of amides is 1. The van der Waals surface area contributed by atoms with E-state index in [1.165, 1.54) is 19.3 Å². The minimum absolute atomic E-state index is 0.127. The normalized spacial score (nSPS) is 19.4. The lowest BCUT2D eigenvalue weighted by atomic mass is 9.66. The summed E-state index contributed by atoms with van der Waals surface area (Å²) in [4.78, 5) is 12.0. The van der Waals surface area contributed by atoms with Crippen LogP contribution in [-0.4, -0.2) is 18.5 Å². The number of hydrogen-bond acceptors (Lipinski definition) is 2. The van der Waals surface area contributed by atoms with Crippen LogP contribution in [0.15, 0.2) is 0 Å². The molecule has 3 N–H and O–H groups in total. The van der Waals surface area contributed by atoms with Gasteiger partial charge < -0.3 is 11.1 Å². The van der Waals surface area contributed by atoms with Crippen LogP contribution in [0.25, 0.3) is 0 Å². The quantitative estimate of drug-likeness (QED) is 0.700. The molecule has 0 aliphatic heterocycles. The van der Waals surface area contributed by atoms with Gasteiger partial charge in [-0.05, 0) is 44.1 Å². The second-order valence-electron chi connectivity index (χ2n) is 6.53. The van der Waals surface area contributed by atoms with Crippen LogP contribution in [0.1, 0.15) is 65.7 Å². The van der Waals surface area contributed by atoms with Gasteiger partial charge in [0, 0.05) is 12.5 Å². The number of carbonyl (C=O) groups excluding carboxylic acids is 1. The predicted octanol–water partition coefficient (Wildman–Crippen LogP) is 2.84. The number of nitrogens with one attached hydrogen (secondary N) is 1. The average Bonchev–Trinajstić information content (AvgIpc) is 2.22. The summed E-state index contributed by atoms with van der Waals surface area (Å²) >= 11 is 0. The Hall–Kier alpha value is -0.570. The minimum Gasteiger partial charge on any atom is -0.354 e. The lowest BCUT2D eigenvalue weighted by molar-refractivity contribution is -0.125. The first-order chi connectivity index (χ1) is 8.47. The zero-order valence-corrected chi connectivity index (χ0v) is 12.3. The Morgan fingerprint density at radius 1 is 1.28 bits per heavy atom. The monoisotopic (exact) mass is 254 g/mol. The Bertz CT molecular complexity index is 254. The topological polar surface area (TPSA) is 55.1 Å². The molecule has 1 aliphatic carbocycles. The summed E-state index contributed by atoms with van der Waals surface area (Å²) in [7, 11) is 0. The van der Waals surface area contributed by atoms with Crippen LogP contribution in [0, 0.1) is 11.3 Å². The highest BCUT2D eigenvalue weighted by Crippen LogP contribution is 2.42. The summed E-state index contributed by atoms with van der Waals surface area (Å²) in [6, 6.07) is 0.297. The molecule has 0 saturated heterocycles. The van der Waals surface area contributed by atoms with Crippen LogP contribution < -0.4 is 11.1 Å². The van der Waals surface area contributed by atoms with E-state index in [2.05, 4.69) is 26.1 Å². The Labute approximate surface area is 112 Å². The van der Waals surface area contributed by atoms with Gasteiger partial charge in [-0.3, -0.25) is 4.79 Å². The fourth-order valence-electron chi connectivity index (χ4n) is 2.70. The first kappa shape index (κ1) is 15.5. The van der Waals surface area contributed by atoms with E-state index in [4.69, 9.17) is 5.73 Å². The van der Waals surface area contributed by atoms with Crippen molar-refractivity contribution < 1.29 is 4.79 Å². The minimum atomic E-state index is 0.127. The van der Waals surface area contributed by atoms with Gasteiger partial charge in [-0.15, -0.1) is 0 Å². The molecule has 3 heteroatoms. The molecule has 0 aromatic heterocycles. The van der Waals surface area contributed by atoms with Crippen molar-refractivity contribution in [3.05, 3.63) is 0 Å². The summed E-state index contributed by atoms with van der Waals surface area (Å²) in [5.74, 6) is 0.945. The zero-order valence-electron chi connectivity index (χ0n) is 12.3. The molecule has 3 nitrogen and oxygen atoms in total. The van der Waals surface area contributed by atoms with E-state index >= 15 is 0 Å². The van der Waals surface area contributed by atoms with Gasteiger partial charge in [-0.2, -0.15) is 0 Å². The molecule has 0 heterocycles. The maximum atomic E-state index is 12.0. The summed E-state index contributed by atoms with van der Waals surface area (Å²) < 4.78 is 0. The number of hydrogen-bond donors (Lipinski definition) is 2. The van der Waals surface area contributed by atoms with E-state index < -0.39 is 0 Å². The lowest BCUT2D eigenvalue weighted by Crippen LogP contribution is -2.43. The van der Waals surface area contributed by atoms with E-state index in [0.29, 0.717) is 19.0 Å². The fourth-order valence-corrected chi connectivity index (χ4v) is 2.70. The molecule has 0 radical (unpaired) electrons. The van der Waals surface area contributed by atoms with Gasteiger partial charge in [0.2, 0.25) is 5.91 Å². The Balaban J connectivity index is 2.18. The second-order valence-corrected chi connectivity index (χ2v) is 6.53. The molecule has 0 spiro atoms. The largest absolute Gasteiger partial charge is 0.354 e. The molecule has 1 aliphatic rings. The standard InChI is InChI=1S/C15H30N2O/c1-12(2)6-4-7-13(3)17-14(18)10-15(11-16)8-5-9-15/h12-13H,4-11,16H2,1-3H3,(H,17,18). The molecule has 0 aromatic carbocycles. The van der Waals surface area contributed by atoms with Gasteiger partial charge in [0.25, 0.3) is 0 Å². The Morgan fingerprint density at radius 3 is 2.39 bits per heavy atom. The molecule has 0 bridgehead atoms. The van der Waals surface area contributed by atoms with E-state index in [0.717, 1.165) is 25.2 Å². The second kappa shape index (κ2) is 7.13. The first-order valence-corrected chi connectivity index (χ1v) is 7.47. The predicted molar refractivity (Wildman–Crippen MR) is 76.2 cm³/mol. The smallest absolute Gasteiger partial charge is 0.220 e. The van der Waals surface area contributed by atoms with Crippen molar-refractivity contribution in [2.24, 2.45) is 17.1 Å². The summed E-state index contributed by atoms with van der Waals surface area (Å²) in [5.41, 5.74) is 5.91. The first-order valence-electron chi connectivity index (χ1n) is 7.47. The number of carbonyl (C=O) groups is 1. The van der Waals surface area contributed by atoms with Gasteiger partial charge in [0.15, 0.2) is 0 Å². The summed E-state index contributed by atoms with van der Waals surface area (Å²) in [6.45, 7) is 7.24. The van der Waals surface area contributed by atoms with Crippen LogP contribution in [0.3, 0.4) is 0 Å². The van der Waals surface area contributed by atoms with Crippen molar-refractivity contribution in [2.45, 2.75) is 71.8 Å². The van der Waals surface area contributed by atoms with Crippen molar-refractivity contribution in [2.75, 3.05) is 6.54 Å². The zero-order chi connectivity index (χ0) is 13.6. The maximum absolute atomic E-state index is 12.0. The van der Waals surface area contributed by atoms with E-state index in [-0.39, 0.29) is 11.3 Å². The molecule has 1 rings (SSSR count). The SMILES string of the molecule is CC(C)CCCC(C)NC(=O)CC1(CN)CCC1. The highest BCUT2D eigenvalue weighted by Gasteiger charge is 2.37. The highest BCUT2D eigenvalue weighted by molar-refractivity contribution is 5.77. The Morgan fingerprint density at radius 2 is 1.94 bits per heavy atom. The third kappa shape index (κ3) is 4.97. The highest BCUT2D eigenvalue weighted by atomic mass is 16.1. The van der Waals surface area contributed by atoms with E-state index in [1.807, 2.05) is 0 Å². The van der Waals surface area contributed by atoms with Crippen molar-refractivity contribution in [3.63, 3.8) is 0 Å². The molecule has 0 aromatic rings. The molecule has 1 amide bonds. The van der Waals surface area contributed by atoms with Gasteiger partial charge in [0.05, 0.1) is 0 Å². The van der Waals surface area contributed by atoms with Crippen molar-refractivity contribution in [1.82, 2.24) is 5.32 Å². The van der Waals surface area contributed by atoms with Crippen molar-refractivity contribution in [1.29, 1.82) is 0 Å². The molecule has 1 unspecified atom stereocenters. The van der Waals surface area contributed by atoms with Gasteiger partial charge in [0.1, 0.15) is 0 Å². The van der Waals surface area contributed by atoms with Crippen LogP contribution in [0.2, 0.25) is 0 Å². The van der Waals surface area contributed by atoms with Crippen LogP contribution in [-0.2, 0) is 4.79 Å². The fraction of sp³-hybridized carbons (Fsp3) is 0.933.